The van der Waals surface area contributed by atoms with Crippen LogP contribution in [-0.2, 0) is 32.1 Å². The Kier molecular flexibility index (Phi) is 12.1. The van der Waals surface area contributed by atoms with Gasteiger partial charge < -0.3 is 35.6 Å². The molecule has 0 radical (unpaired) electrons. The van der Waals surface area contributed by atoms with Crippen LogP contribution in [0.5, 0.6) is 5.75 Å². The number of rotatable bonds is 13. The fraction of sp³-hybridized carbons (Fsp3) is 0.361. The average molecular weight is 658 g/mol. The van der Waals surface area contributed by atoms with Crippen molar-refractivity contribution < 1.29 is 33.8 Å². The van der Waals surface area contributed by atoms with E-state index in [4.69, 9.17) is 4.74 Å². The Morgan fingerprint density at radius 3 is 2.23 bits per heavy atom. The standard InChI is InChI=1S/C36H43N5O7/c1-23(2)17-31(38-32(42)18-25-9-13-27(14-10-25)37-36(47)39-30-8-6-5-7-24(30)3)35(46)41-22-40(33(43)19-28(41)20-34(44)45)21-26-11-15-29(48-4)16-12-26/h5-16,23,28,31H,17-22H2,1-4H3,(H,38,42)(H,44,45)(H2,37,39,47)/t28-,31?/m1/s1. The van der Waals surface area contributed by atoms with Crippen molar-refractivity contribution in [3.05, 3.63) is 89.5 Å². The topological polar surface area (TPSA) is 157 Å². The Labute approximate surface area is 280 Å². The highest BCUT2D eigenvalue weighted by atomic mass is 16.5. The molecule has 1 saturated heterocycles. The number of aliphatic carboxylic acids is 1. The van der Waals surface area contributed by atoms with Gasteiger partial charge in [-0.2, -0.15) is 0 Å². The second-order valence-electron chi connectivity index (χ2n) is 12.4. The van der Waals surface area contributed by atoms with Gasteiger partial charge in [0.25, 0.3) is 0 Å². The lowest BCUT2D eigenvalue weighted by Gasteiger charge is -2.42. The molecule has 0 saturated carbocycles. The molecule has 3 aromatic carbocycles. The van der Waals surface area contributed by atoms with Crippen molar-refractivity contribution >= 4 is 41.1 Å². The first-order valence-corrected chi connectivity index (χ1v) is 15.9. The Hall–Kier alpha value is -5.39. The summed E-state index contributed by atoms with van der Waals surface area (Å²) in [6, 6.07) is 19.3. The summed E-state index contributed by atoms with van der Waals surface area (Å²) in [4.78, 5) is 67.4. The van der Waals surface area contributed by atoms with E-state index in [0.717, 1.165) is 11.1 Å². The predicted octanol–water partition coefficient (Wildman–Crippen LogP) is 4.78. The van der Waals surface area contributed by atoms with Crippen molar-refractivity contribution in [3.63, 3.8) is 0 Å². The Morgan fingerprint density at radius 2 is 1.60 bits per heavy atom. The second kappa shape index (κ2) is 16.4. The summed E-state index contributed by atoms with van der Waals surface area (Å²) in [5.74, 6) is -1.49. The number of para-hydroxylation sites is 1. The van der Waals surface area contributed by atoms with E-state index in [1.807, 2.05) is 57.2 Å². The van der Waals surface area contributed by atoms with E-state index >= 15 is 0 Å². The van der Waals surface area contributed by atoms with Gasteiger partial charge in [-0.25, -0.2) is 4.79 Å². The van der Waals surface area contributed by atoms with Crippen molar-refractivity contribution in [2.45, 2.75) is 65.1 Å². The molecule has 1 aliphatic heterocycles. The molecule has 4 N–H and O–H groups in total. The number of aryl methyl sites for hydroxylation is 1. The number of hydrogen-bond donors (Lipinski definition) is 4. The number of hydrogen-bond acceptors (Lipinski definition) is 6. The zero-order valence-corrected chi connectivity index (χ0v) is 27.7. The monoisotopic (exact) mass is 657 g/mol. The maximum absolute atomic E-state index is 14.0. The lowest BCUT2D eigenvalue weighted by atomic mass is 9.98. The molecule has 2 atom stereocenters. The van der Waals surface area contributed by atoms with Gasteiger partial charge in [0.1, 0.15) is 11.8 Å². The first-order chi connectivity index (χ1) is 22.9. The predicted molar refractivity (Wildman–Crippen MR) is 181 cm³/mol. The highest BCUT2D eigenvalue weighted by Crippen LogP contribution is 2.24. The molecule has 1 aliphatic rings. The van der Waals surface area contributed by atoms with Gasteiger partial charge in [0.05, 0.1) is 32.7 Å². The van der Waals surface area contributed by atoms with E-state index in [1.54, 1.807) is 43.5 Å². The van der Waals surface area contributed by atoms with E-state index < -0.39 is 30.0 Å². The van der Waals surface area contributed by atoms with Crippen molar-refractivity contribution in [1.82, 2.24) is 15.1 Å². The van der Waals surface area contributed by atoms with E-state index in [0.29, 0.717) is 29.1 Å². The zero-order chi connectivity index (χ0) is 34.8. The van der Waals surface area contributed by atoms with Crippen LogP contribution in [0.3, 0.4) is 0 Å². The molecule has 0 aliphatic carbocycles. The summed E-state index contributed by atoms with van der Waals surface area (Å²) in [5, 5.41) is 18.0. The molecule has 1 unspecified atom stereocenters. The highest BCUT2D eigenvalue weighted by Gasteiger charge is 2.39. The van der Waals surface area contributed by atoms with Gasteiger partial charge in [0.15, 0.2) is 0 Å². The van der Waals surface area contributed by atoms with Crippen LogP contribution < -0.4 is 20.7 Å². The largest absolute Gasteiger partial charge is 0.497 e. The summed E-state index contributed by atoms with van der Waals surface area (Å²) in [6.45, 7) is 5.88. The van der Waals surface area contributed by atoms with Crippen LogP contribution >= 0.6 is 0 Å². The molecule has 3 aromatic rings. The van der Waals surface area contributed by atoms with Gasteiger partial charge in [-0.15, -0.1) is 0 Å². The first-order valence-electron chi connectivity index (χ1n) is 15.9. The first kappa shape index (κ1) is 35.5. The maximum Gasteiger partial charge on any atom is 0.323 e. The SMILES string of the molecule is COc1ccc(CN2CN(C(=O)C(CC(C)C)NC(=O)Cc3ccc(NC(=O)Nc4ccccc4C)cc3)[C@@H](CC(=O)O)CC2=O)cc1. The normalized spacial score (nSPS) is 15.1. The minimum Gasteiger partial charge on any atom is -0.497 e. The molecule has 4 rings (SSSR count). The quantitative estimate of drug-likeness (QED) is 0.206. The van der Waals surface area contributed by atoms with E-state index in [9.17, 15) is 29.1 Å². The lowest BCUT2D eigenvalue weighted by Crippen LogP contribution is -2.60. The fourth-order valence-electron chi connectivity index (χ4n) is 5.57. The van der Waals surface area contributed by atoms with Gasteiger partial charge in [0.2, 0.25) is 17.7 Å². The summed E-state index contributed by atoms with van der Waals surface area (Å²) in [5.41, 5.74) is 3.67. The molecule has 0 aromatic heterocycles. The van der Waals surface area contributed by atoms with E-state index in [1.165, 1.54) is 9.80 Å². The maximum atomic E-state index is 14.0. The molecule has 5 amide bonds. The summed E-state index contributed by atoms with van der Waals surface area (Å²) < 4.78 is 5.21. The van der Waals surface area contributed by atoms with Gasteiger partial charge >= 0.3 is 12.0 Å². The Balaban J connectivity index is 1.41. The molecule has 0 bridgehead atoms. The molecular weight excluding hydrogens is 614 g/mol. The Bertz CT molecular complexity index is 1610. The number of nitrogens with one attached hydrogen (secondary N) is 3. The van der Waals surface area contributed by atoms with Crippen LogP contribution in [-0.4, -0.2) is 70.5 Å². The summed E-state index contributed by atoms with van der Waals surface area (Å²) in [6.07, 6.45) is -0.218. The molecule has 254 valence electrons. The van der Waals surface area contributed by atoms with Gasteiger partial charge in [-0.05, 0) is 66.3 Å². The van der Waals surface area contributed by atoms with Crippen molar-refractivity contribution in [3.8, 4) is 5.75 Å². The zero-order valence-electron chi connectivity index (χ0n) is 27.7. The number of methoxy groups -OCH3 is 1. The Morgan fingerprint density at radius 1 is 0.938 bits per heavy atom. The third-order valence-corrected chi connectivity index (χ3v) is 8.06. The van der Waals surface area contributed by atoms with Crippen LogP contribution in [0.2, 0.25) is 0 Å². The van der Waals surface area contributed by atoms with Crippen LogP contribution in [0.1, 0.15) is 49.8 Å². The van der Waals surface area contributed by atoms with Crippen LogP contribution in [0.15, 0.2) is 72.8 Å². The highest BCUT2D eigenvalue weighted by molar-refractivity contribution is 6.00. The number of carbonyl (C=O) groups excluding carboxylic acids is 4. The summed E-state index contributed by atoms with van der Waals surface area (Å²) >= 11 is 0. The molecule has 12 nitrogen and oxygen atoms in total. The molecule has 1 heterocycles. The smallest absolute Gasteiger partial charge is 0.323 e. The van der Waals surface area contributed by atoms with Gasteiger partial charge in [-0.1, -0.05) is 56.3 Å². The number of anilines is 2. The van der Waals surface area contributed by atoms with Crippen LogP contribution in [0.4, 0.5) is 16.2 Å². The average Bonchev–Trinajstić information content (AvgIpc) is 3.03. The number of carboxylic acid groups (broad SMARTS) is 1. The molecule has 12 heteroatoms. The number of ether oxygens (including phenoxy) is 1. The lowest BCUT2D eigenvalue weighted by molar-refractivity contribution is -0.155. The molecule has 0 spiro atoms. The minimum absolute atomic E-state index is 0.0157. The fourth-order valence-corrected chi connectivity index (χ4v) is 5.57. The van der Waals surface area contributed by atoms with Crippen LogP contribution in [0, 0.1) is 12.8 Å². The summed E-state index contributed by atoms with van der Waals surface area (Å²) in [7, 11) is 1.56. The second-order valence-corrected chi connectivity index (χ2v) is 12.4. The number of carbonyl (C=O) groups is 5. The van der Waals surface area contributed by atoms with Crippen molar-refractivity contribution in [2.24, 2.45) is 5.92 Å². The number of carboxylic acids is 1. The number of nitrogens with zero attached hydrogens (tertiary/aromatic N) is 2. The molecule has 48 heavy (non-hydrogen) atoms. The molecular formula is C36H43N5O7. The van der Waals surface area contributed by atoms with Gasteiger partial charge in [-0.3, -0.25) is 19.2 Å². The van der Waals surface area contributed by atoms with E-state index in [-0.39, 0.29) is 50.2 Å². The van der Waals surface area contributed by atoms with Crippen molar-refractivity contribution in [2.75, 3.05) is 24.4 Å². The van der Waals surface area contributed by atoms with Crippen molar-refractivity contribution in [1.29, 1.82) is 0 Å². The van der Waals surface area contributed by atoms with Crippen LogP contribution in [0.25, 0.3) is 0 Å². The number of urea groups is 1. The number of benzene rings is 3. The minimum atomic E-state index is -1.12. The van der Waals surface area contributed by atoms with Gasteiger partial charge in [0, 0.05) is 24.3 Å². The third kappa shape index (κ3) is 10.1. The number of amides is 5. The van der Waals surface area contributed by atoms with E-state index in [2.05, 4.69) is 16.0 Å². The third-order valence-electron chi connectivity index (χ3n) is 8.06. The molecule has 1 fully saturated rings.